The lowest BCUT2D eigenvalue weighted by Crippen LogP contribution is -2.49. The summed E-state index contributed by atoms with van der Waals surface area (Å²) in [6.45, 7) is 1.87. The topological polar surface area (TPSA) is 73.8 Å². The van der Waals surface area contributed by atoms with Crippen molar-refractivity contribution >= 4 is 5.91 Å². The second kappa shape index (κ2) is 10.0. The van der Waals surface area contributed by atoms with Crippen LogP contribution < -0.4 is 9.47 Å². The monoisotopic (exact) mass is 473 g/mol. The van der Waals surface area contributed by atoms with Gasteiger partial charge in [-0.1, -0.05) is 24.3 Å². The molecule has 0 N–H and O–H groups in total. The van der Waals surface area contributed by atoms with Crippen LogP contribution in [-0.2, 0) is 14.9 Å². The van der Waals surface area contributed by atoms with Crippen LogP contribution in [0.3, 0.4) is 0 Å². The minimum absolute atomic E-state index is 0.0761. The molecule has 1 amide bonds. The van der Waals surface area contributed by atoms with E-state index >= 15 is 0 Å². The molecule has 35 heavy (non-hydrogen) atoms. The van der Waals surface area contributed by atoms with Crippen molar-refractivity contribution in [2.75, 3.05) is 34.0 Å². The quantitative estimate of drug-likeness (QED) is 0.522. The Labute approximate surface area is 206 Å². The van der Waals surface area contributed by atoms with Crippen molar-refractivity contribution in [2.24, 2.45) is 0 Å². The second-order valence-electron chi connectivity index (χ2n) is 9.12. The molecule has 1 aromatic heterocycles. The number of amides is 1. The molecule has 3 aromatic rings. The van der Waals surface area contributed by atoms with Crippen molar-refractivity contribution in [2.45, 2.75) is 37.1 Å². The number of methoxy groups -OCH3 is 2. The maximum Gasteiger partial charge on any atom is 0.233 e. The van der Waals surface area contributed by atoms with Gasteiger partial charge in [0.2, 0.25) is 5.91 Å². The number of aromatic nitrogens is 2. The van der Waals surface area contributed by atoms with Crippen LogP contribution in [0.5, 0.6) is 11.5 Å². The summed E-state index contributed by atoms with van der Waals surface area (Å²) in [6.07, 6.45) is 4.95. The van der Waals surface area contributed by atoms with Crippen LogP contribution in [0, 0.1) is 0 Å². The van der Waals surface area contributed by atoms with E-state index in [1.165, 1.54) is 0 Å². The minimum atomic E-state index is -0.601. The Morgan fingerprint density at radius 2 is 1.80 bits per heavy atom. The van der Waals surface area contributed by atoms with E-state index in [1.54, 1.807) is 20.4 Å². The van der Waals surface area contributed by atoms with E-state index in [-0.39, 0.29) is 11.9 Å². The molecular formula is C28H31N3O4. The second-order valence-corrected chi connectivity index (χ2v) is 9.12. The van der Waals surface area contributed by atoms with Gasteiger partial charge in [0.25, 0.3) is 0 Å². The SMILES string of the molecule is COc1ccc(C2(C(=O)N3CCCC3c3ccnc(-c4cccc(OC)c4)n3)CCOCC2)cc1. The van der Waals surface area contributed by atoms with E-state index in [0.717, 1.165) is 47.7 Å². The fourth-order valence-electron chi connectivity index (χ4n) is 5.31. The number of likely N-dealkylation sites (tertiary alicyclic amines) is 1. The molecule has 7 nitrogen and oxygen atoms in total. The fraction of sp³-hybridized carbons (Fsp3) is 0.393. The van der Waals surface area contributed by atoms with Crippen LogP contribution in [0.15, 0.2) is 60.8 Å². The maximum absolute atomic E-state index is 14.3. The van der Waals surface area contributed by atoms with E-state index in [4.69, 9.17) is 19.2 Å². The molecule has 0 aliphatic carbocycles. The van der Waals surface area contributed by atoms with Gasteiger partial charge in [-0.25, -0.2) is 9.97 Å². The molecule has 1 unspecified atom stereocenters. The molecule has 5 rings (SSSR count). The van der Waals surface area contributed by atoms with Crippen molar-refractivity contribution in [1.82, 2.24) is 14.9 Å². The summed E-state index contributed by atoms with van der Waals surface area (Å²) in [7, 11) is 3.30. The van der Waals surface area contributed by atoms with Crippen molar-refractivity contribution in [3.05, 3.63) is 72.1 Å². The van der Waals surface area contributed by atoms with Crippen LogP contribution in [0.1, 0.15) is 43.0 Å². The highest BCUT2D eigenvalue weighted by Crippen LogP contribution is 2.42. The number of hydrogen-bond acceptors (Lipinski definition) is 6. The van der Waals surface area contributed by atoms with Gasteiger partial charge in [0.05, 0.1) is 31.4 Å². The number of ether oxygens (including phenoxy) is 3. The zero-order valence-corrected chi connectivity index (χ0v) is 20.3. The summed E-state index contributed by atoms with van der Waals surface area (Å²) in [4.78, 5) is 25.7. The number of carbonyl (C=O) groups excluding carboxylic acids is 1. The van der Waals surface area contributed by atoms with E-state index in [0.29, 0.717) is 31.9 Å². The highest BCUT2D eigenvalue weighted by Gasteiger charge is 2.47. The van der Waals surface area contributed by atoms with Crippen LogP contribution in [0.4, 0.5) is 0 Å². The van der Waals surface area contributed by atoms with Crippen molar-refractivity contribution in [1.29, 1.82) is 0 Å². The van der Waals surface area contributed by atoms with Gasteiger partial charge in [-0.05, 0) is 61.6 Å². The Morgan fingerprint density at radius 1 is 1.03 bits per heavy atom. The number of rotatable bonds is 6. The van der Waals surface area contributed by atoms with Gasteiger partial charge in [0.15, 0.2) is 5.82 Å². The van der Waals surface area contributed by atoms with E-state index in [2.05, 4.69) is 4.98 Å². The molecule has 182 valence electrons. The van der Waals surface area contributed by atoms with E-state index in [9.17, 15) is 4.79 Å². The summed E-state index contributed by atoms with van der Waals surface area (Å²) in [5.74, 6) is 2.34. The zero-order chi connectivity index (χ0) is 24.3. The summed E-state index contributed by atoms with van der Waals surface area (Å²) in [6, 6.07) is 17.5. The average Bonchev–Trinajstić information content (AvgIpc) is 3.43. The molecular weight excluding hydrogens is 442 g/mol. The van der Waals surface area contributed by atoms with E-state index in [1.807, 2.05) is 59.5 Å². The Hall–Kier alpha value is -3.45. The Kier molecular flexibility index (Phi) is 6.68. The Bertz CT molecular complexity index is 1170. The molecule has 2 aromatic carbocycles. The van der Waals surface area contributed by atoms with E-state index < -0.39 is 5.41 Å². The number of benzene rings is 2. The molecule has 2 aliphatic rings. The third-order valence-electron chi connectivity index (χ3n) is 7.26. The lowest BCUT2D eigenvalue weighted by Gasteiger charge is -2.40. The third-order valence-corrected chi connectivity index (χ3v) is 7.26. The molecule has 0 radical (unpaired) electrons. The first-order valence-electron chi connectivity index (χ1n) is 12.2. The highest BCUT2D eigenvalue weighted by atomic mass is 16.5. The standard InChI is InChI=1S/C28H31N3O4/c1-33-22-10-8-21(9-11-22)28(13-17-35-18-14-28)27(32)31-16-4-7-25(31)24-12-15-29-26(30-24)20-5-3-6-23(19-20)34-2/h3,5-6,8-12,15,19,25H,4,7,13-14,16-18H2,1-2H3. The normalized spacial score (nSPS) is 19.4. The van der Waals surface area contributed by atoms with Crippen molar-refractivity contribution in [3.8, 4) is 22.9 Å². The molecule has 7 heteroatoms. The van der Waals surface area contributed by atoms with Gasteiger partial charge >= 0.3 is 0 Å². The predicted molar refractivity (Wildman–Crippen MR) is 132 cm³/mol. The Balaban J connectivity index is 1.47. The molecule has 3 heterocycles. The molecule has 2 aliphatic heterocycles. The molecule has 2 saturated heterocycles. The van der Waals surface area contributed by atoms with Crippen LogP contribution in [0.2, 0.25) is 0 Å². The molecule has 0 bridgehead atoms. The van der Waals surface area contributed by atoms with Crippen molar-refractivity contribution in [3.63, 3.8) is 0 Å². The minimum Gasteiger partial charge on any atom is -0.497 e. The predicted octanol–water partition coefficient (Wildman–Crippen LogP) is 4.57. The maximum atomic E-state index is 14.3. The first-order valence-corrected chi connectivity index (χ1v) is 12.2. The first kappa shape index (κ1) is 23.3. The first-order chi connectivity index (χ1) is 17.1. The average molecular weight is 474 g/mol. The van der Waals surface area contributed by atoms with Gasteiger partial charge in [-0.3, -0.25) is 4.79 Å². The molecule has 2 fully saturated rings. The van der Waals surface area contributed by atoms with Gasteiger partial charge in [0, 0.05) is 31.5 Å². The zero-order valence-electron chi connectivity index (χ0n) is 20.3. The fourth-order valence-corrected chi connectivity index (χ4v) is 5.31. The lowest BCUT2D eigenvalue weighted by molar-refractivity contribution is -0.142. The van der Waals surface area contributed by atoms with Crippen molar-refractivity contribution < 1.29 is 19.0 Å². The van der Waals surface area contributed by atoms with Gasteiger partial charge < -0.3 is 19.1 Å². The summed E-state index contributed by atoms with van der Waals surface area (Å²) < 4.78 is 16.4. The largest absolute Gasteiger partial charge is 0.497 e. The van der Waals surface area contributed by atoms with Gasteiger partial charge in [-0.15, -0.1) is 0 Å². The number of hydrogen-bond donors (Lipinski definition) is 0. The van der Waals surface area contributed by atoms with Crippen LogP contribution in [-0.4, -0.2) is 54.8 Å². The third kappa shape index (κ3) is 4.48. The number of carbonyl (C=O) groups is 1. The summed E-state index contributed by atoms with van der Waals surface area (Å²) >= 11 is 0. The van der Waals surface area contributed by atoms with Crippen LogP contribution >= 0.6 is 0 Å². The van der Waals surface area contributed by atoms with Gasteiger partial charge in [-0.2, -0.15) is 0 Å². The summed E-state index contributed by atoms with van der Waals surface area (Å²) in [5.41, 5.74) is 2.19. The Morgan fingerprint density at radius 3 is 2.54 bits per heavy atom. The van der Waals surface area contributed by atoms with Crippen LogP contribution in [0.25, 0.3) is 11.4 Å². The van der Waals surface area contributed by atoms with Gasteiger partial charge in [0.1, 0.15) is 11.5 Å². The smallest absolute Gasteiger partial charge is 0.233 e. The number of nitrogens with zero attached hydrogens (tertiary/aromatic N) is 3. The molecule has 0 spiro atoms. The highest BCUT2D eigenvalue weighted by molar-refractivity contribution is 5.89. The molecule has 0 saturated carbocycles. The summed E-state index contributed by atoms with van der Waals surface area (Å²) in [5, 5.41) is 0. The molecule has 1 atom stereocenters. The lowest BCUT2D eigenvalue weighted by atomic mass is 9.72.